The highest BCUT2D eigenvalue weighted by Crippen LogP contribution is 2.35. The van der Waals surface area contributed by atoms with E-state index >= 15 is 0 Å². The molecule has 2 fully saturated rings. The summed E-state index contributed by atoms with van der Waals surface area (Å²) in [5.74, 6) is -0.825. The van der Waals surface area contributed by atoms with Crippen LogP contribution in [0.25, 0.3) is 0 Å². The molecule has 0 spiro atoms. The van der Waals surface area contributed by atoms with Gasteiger partial charge in [0.05, 0.1) is 12.0 Å². The molecule has 2 aliphatic rings. The van der Waals surface area contributed by atoms with Crippen molar-refractivity contribution in [3.8, 4) is 0 Å². The van der Waals surface area contributed by atoms with Crippen LogP contribution in [0.1, 0.15) is 57.8 Å². The molecule has 1 saturated carbocycles. The standard InChI is InChI=1S/C15H27N3O3/c1-17(14(21)16-18-10-6-3-7-11-18)15(12-13(19)20)8-4-2-5-9-15/h2-12H2,1H3,(H,16,21)(H,19,20). The lowest BCUT2D eigenvalue weighted by Gasteiger charge is -2.44. The third-order valence-electron chi connectivity index (χ3n) is 4.89. The molecule has 0 radical (unpaired) electrons. The number of hydrogen-bond donors (Lipinski definition) is 2. The second-order valence-corrected chi connectivity index (χ2v) is 6.38. The molecule has 1 heterocycles. The highest BCUT2D eigenvalue weighted by Gasteiger charge is 2.40. The molecule has 6 nitrogen and oxygen atoms in total. The van der Waals surface area contributed by atoms with Gasteiger partial charge in [-0.25, -0.2) is 9.80 Å². The molecule has 2 amide bonds. The predicted molar refractivity (Wildman–Crippen MR) is 79.8 cm³/mol. The number of carbonyl (C=O) groups is 2. The molecule has 6 heteroatoms. The van der Waals surface area contributed by atoms with Crippen LogP contribution in [-0.4, -0.2) is 52.7 Å². The molecule has 1 saturated heterocycles. The Balaban J connectivity index is 2.00. The Morgan fingerprint density at radius 2 is 1.67 bits per heavy atom. The Bertz CT molecular complexity index is 374. The van der Waals surface area contributed by atoms with Gasteiger partial charge in [-0.05, 0) is 25.7 Å². The van der Waals surface area contributed by atoms with E-state index in [2.05, 4.69) is 5.43 Å². The molecule has 0 aromatic heterocycles. The summed E-state index contributed by atoms with van der Waals surface area (Å²) in [4.78, 5) is 25.3. The monoisotopic (exact) mass is 297 g/mol. The lowest BCUT2D eigenvalue weighted by atomic mass is 9.78. The molecule has 1 aliphatic carbocycles. The molecule has 0 atom stereocenters. The van der Waals surface area contributed by atoms with Crippen LogP contribution in [-0.2, 0) is 4.79 Å². The number of carboxylic acid groups (broad SMARTS) is 1. The molecule has 0 bridgehead atoms. The highest BCUT2D eigenvalue weighted by atomic mass is 16.4. The third-order valence-corrected chi connectivity index (χ3v) is 4.89. The first-order valence-electron chi connectivity index (χ1n) is 8.05. The summed E-state index contributed by atoms with van der Waals surface area (Å²) < 4.78 is 0. The van der Waals surface area contributed by atoms with Crippen LogP contribution in [0.15, 0.2) is 0 Å². The number of nitrogens with one attached hydrogen (secondary N) is 1. The zero-order valence-electron chi connectivity index (χ0n) is 12.9. The maximum absolute atomic E-state index is 12.5. The van der Waals surface area contributed by atoms with E-state index in [1.807, 2.05) is 5.01 Å². The summed E-state index contributed by atoms with van der Waals surface area (Å²) >= 11 is 0. The lowest BCUT2D eigenvalue weighted by Crippen LogP contribution is -2.58. The lowest BCUT2D eigenvalue weighted by molar-refractivity contribution is -0.140. The molecule has 21 heavy (non-hydrogen) atoms. The maximum atomic E-state index is 12.5. The zero-order chi connectivity index (χ0) is 15.3. The summed E-state index contributed by atoms with van der Waals surface area (Å²) in [5.41, 5.74) is 2.42. The molecule has 0 aromatic rings. The van der Waals surface area contributed by atoms with Crippen LogP contribution in [0.3, 0.4) is 0 Å². The molecule has 1 aliphatic heterocycles. The van der Waals surface area contributed by atoms with E-state index in [-0.39, 0.29) is 12.5 Å². The predicted octanol–water partition coefficient (Wildman–Crippen LogP) is 2.21. The molecule has 2 N–H and O–H groups in total. The second kappa shape index (κ2) is 7.11. The van der Waals surface area contributed by atoms with Crippen molar-refractivity contribution < 1.29 is 14.7 Å². The van der Waals surface area contributed by atoms with Crippen LogP contribution in [0.5, 0.6) is 0 Å². The maximum Gasteiger partial charge on any atom is 0.332 e. The number of piperidine rings is 1. The van der Waals surface area contributed by atoms with Crippen molar-refractivity contribution in [3.63, 3.8) is 0 Å². The normalized spacial score (nSPS) is 22.5. The Hall–Kier alpha value is -1.30. The molecular weight excluding hydrogens is 270 g/mol. The number of urea groups is 1. The summed E-state index contributed by atoms with van der Waals surface area (Å²) in [7, 11) is 1.74. The number of amides is 2. The largest absolute Gasteiger partial charge is 0.481 e. The van der Waals surface area contributed by atoms with Gasteiger partial charge in [-0.2, -0.15) is 0 Å². The first kappa shape index (κ1) is 16.1. The van der Waals surface area contributed by atoms with Crippen molar-refractivity contribution >= 4 is 12.0 Å². The number of nitrogens with zero attached hydrogens (tertiary/aromatic N) is 2. The number of hydrogen-bond acceptors (Lipinski definition) is 3. The van der Waals surface area contributed by atoms with Gasteiger partial charge in [0, 0.05) is 20.1 Å². The first-order chi connectivity index (χ1) is 10.0. The topological polar surface area (TPSA) is 72.9 Å². The van der Waals surface area contributed by atoms with E-state index < -0.39 is 11.5 Å². The number of carboxylic acids is 1. The Morgan fingerprint density at radius 3 is 2.24 bits per heavy atom. The second-order valence-electron chi connectivity index (χ2n) is 6.38. The molecule has 120 valence electrons. The highest BCUT2D eigenvalue weighted by molar-refractivity contribution is 5.76. The number of hydrazine groups is 1. The fraction of sp³-hybridized carbons (Fsp3) is 0.867. The van der Waals surface area contributed by atoms with Crippen LogP contribution in [0, 0.1) is 0 Å². The van der Waals surface area contributed by atoms with E-state index in [1.54, 1.807) is 11.9 Å². The SMILES string of the molecule is CN(C(=O)NN1CCCCC1)C1(CC(=O)O)CCCCC1. The summed E-state index contributed by atoms with van der Waals surface area (Å²) in [5, 5.41) is 11.2. The van der Waals surface area contributed by atoms with Crippen molar-refractivity contribution in [2.75, 3.05) is 20.1 Å². The van der Waals surface area contributed by atoms with Crippen LogP contribution >= 0.6 is 0 Å². The van der Waals surface area contributed by atoms with Crippen molar-refractivity contribution in [2.45, 2.75) is 63.3 Å². The van der Waals surface area contributed by atoms with Crippen molar-refractivity contribution in [3.05, 3.63) is 0 Å². The van der Waals surface area contributed by atoms with Gasteiger partial charge in [-0.3, -0.25) is 10.2 Å². The van der Waals surface area contributed by atoms with Gasteiger partial charge < -0.3 is 10.0 Å². The van der Waals surface area contributed by atoms with E-state index in [4.69, 9.17) is 0 Å². The van der Waals surface area contributed by atoms with Crippen LogP contribution in [0.2, 0.25) is 0 Å². The van der Waals surface area contributed by atoms with Gasteiger partial charge in [0.15, 0.2) is 0 Å². The molecule has 0 aromatic carbocycles. The molecule has 0 unspecified atom stereocenters. The zero-order valence-corrected chi connectivity index (χ0v) is 12.9. The molecular formula is C15H27N3O3. The minimum absolute atomic E-state index is 0.0386. The van der Waals surface area contributed by atoms with Crippen LogP contribution < -0.4 is 5.43 Å². The van der Waals surface area contributed by atoms with E-state index in [0.717, 1.165) is 58.0 Å². The average Bonchev–Trinajstić information content (AvgIpc) is 2.47. The Labute approximate surface area is 126 Å². The van der Waals surface area contributed by atoms with Crippen molar-refractivity contribution in [1.82, 2.24) is 15.3 Å². The Morgan fingerprint density at radius 1 is 1.10 bits per heavy atom. The number of carbonyl (C=O) groups excluding carboxylic acids is 1. The first-order valence-corrected chi connectivity index (χ1v) is 8.05. The Kier molecular flexibility index (Phi) is 5.45. The van der Waals surface area contributed by atoms with Gasteiger partial charge in [0.1, 0.15) is 0 Å². The molecule has 2 rings (SSSR count). The van der Waals surface area contributed by atoms with Gasteiger partial charge in [0.25, 0.3) is 0 Å². The minimum atomic E-state index is -0.825. The minimum Gasteiger partial charge on any atom is -0.481 e. The van der Waals surface area contributed by atoms with E-state index in [1.165, 1.54) is 6.42 Å². The number of aliphatic carboxylic acids is 1. The smallest absolute Gasteiger partial charge is 0.332 e. The third kappa shape index (κ3) is 4.09. The summed E-state index contributed by atoms with van der Waals surface area (Å²) in [6.45, 7) is 1.76. The van der Waals surface area contributed by atoms with Crippen LogP contribution in [0.4, 0.5) is 4.79 Å². The fourth-order valence-electron chi connectivity index (χ4n) is 3.55. The summed E-state index contributed by atoms with van der Waals surface area (Å²) in [6, 6.07) is -0.167. The van der Waals surface area contributed by atoms with Gasteiger partial charge >= 0.3 is 12.0 Å². The average molecular weight is 297 g/mol. The van der Waals surface area contributed by atoms with E-state index in [0.29, 0.717) is 0 Å². The fourth-order valence-corrected chi connectivity index (χ4v) is 3.55. The van der Waals surface area contributed by atoms with Gasteiger partial charge in [-0.15, -0.1) is 0 Å². The van der Waals surface area contributed by atoms with Crippen molar-refractivity contribution in [2.24, 2.45) is 0 Å². The van der Waals surface area contributed by atoms with E-state index in [9.17, 15) is 14.7 Å². The van der Waals surface area contributed by atoms with Gasteiger partial charge in [0.2, 0.25) is 0 Å². The quantitative estimate of drug-likeness (QED) is 0.834. The number of rotatable bonds is 4. The van der Waals surface area contributed by atoms with Gasteiger partial charge in [-0.1, -0.05) is 25.7 Å². The summed E-state index contributed by atoms with van der Waals surface area (Å²) in [6.07, 6.45) is 8.13. The van der Waals surface area contributed by atoms with Crippen molar-refractivity contribution in [1.29, 1.82) is 0 Å².